The Morgan fingerprint density at radius 1 is 1.20 bits per heavy atom. The van der Waals surface area contributed by atoms with Gasteiger partial charge in [-0.1, -0.05) is 30.3 Å². The molecule has 154 valence electrons. The summed E-state index contributed by atoms with van der Waals surface area (Å²) in [7, 11) is 1.63. The molecule has 0 aliphatic carbocycles. The molecule has 0 spiro atoms. The topological polar surface area (TPSA) is 71.5 Å². The summed E-state index contributed by atoms with van der Waals surface area (Å²) >= 11 is 1.38. The van der Waals surface area contributed by atoms with Gasteiger partial charge in [0.05, 0.1) is 18.7 Å². The summed E-state index contributed by atoms with van der Waals surface area (Å²) in [5, 5.41) is 5.33. The number of likely N-dealkylation sites (tertiary alicyclic amines) is 1. The van der Waals surface area contributed by atoms with Gasteiger partial charge < -0.3 is 15.0 Å². The molecule has 6 nitrogen and oxygen atoms in total. The quantitative estimate of drug-likeness (QED) is 0.629. The van der Waals surface area contributed by atoms with Gasteiger partial charge in [-0.2, -0.15) is 0 Å². The zero-order chi connectivity index (χ0) is 20.9. The van der Waals surface area contributed by atoms with E-state index in [0.717, 1.165) is 23.4 Å². The number of aromatic nitrogens is 1. The van der Waals surface area contributed by atoms with Gasteiger partial charge in [0, 0.05) is 30.5 Å². The van der Waals surface area contributed by atoms with E-state index in [4.69, 9.17) is 4.74 Å². The molecule has 7 heteroatoms. The van der Waals surface area contributed by atoms with E-state index in [2.05, 4.69) is 10.3 Å². The van der Waals surface area contributed by atoms with Crippen LogP contribution < -0.4 is 10.1 Å². The van der Waals surface area contributed by atoms with Crippen LogP contribution in [0.4, 0.5) is 5.13 Å². The van der Waals surface area contributed by atoms with Crippen molar-refractivity contribution in [1.82, 2.24) is 9.88 Å². The first-order chi connectivity index (χ1) is 14.6. The van der Waals surface area contributed by atoms with Gasteiger partial charge in [-0.25, -0.2) is 4.98 Å². The number of hydrogen-bond donors (Lipinski definition) is 1. The third-order valence-electron chi connectivity index (χ3n) is 5.22. The highest BCUT2D eigenvalue weighted by Crippen LogP contribution is 2.27. The zero-order valence-corrected chi connectivity index (χ0v) is 17.5. The Bertz CT molecular complexity index is 1020. The van der Waals surface area contributed by atoms with Crippen molar-refractivity contribution in [3.63, 3.8) is 0 Å². The van der Waals surface area contributed by atoms with Crippen molar-refractivity contribution in [1.29, 1.82) is 0 Å². The van der Waals surface area contributed by atoms with E-state index in [1.807, 2.05) is 60.0 Å². The lowest BCUT2D eigenvalue weighted by molar-refractivity contribution is -0.128. The molecule has 1 aliphatic rings. The molecule has 30 heavy (non-hydrogen) atoms. The Morgan fingerprint density at radius 2 is 1.97 bits per heavy atom. The maximum atomic E-state index is 12.7. The monoisotopic (exact) mass is 421 g/mol. The van der Waals surface area contributed by atoms with Crippen LogP contribution in [0, 0.1) is 5.92 Å². The number of benzene rings is 2. The Labute approximate surface area is 179 Å². The predicted octanol–water partition coefficient (Wildman–Crippen LogP) is 3.85. The molecule has 1 unspecified atom stereocenters. The first kappa shape index (κ1) is 20.1. The van der Waals surface area contributed by atoms with Crippen molar-refractivity contribution in [2.24, 2.45) is 5.92 Å². The zero-order valence-electron chi connectivity index (χ0n) is 16.7. The molecule has 2 heterocycles. The van der Waals surface area contributed by atoms with Gasteiger partial charge in [-0.3, -0.25) is 9.59 Å². The van der Waals surface area contributed by atoms with Crippen LogP contribution in [0.5, 0.6) is 5.75 Å². The summed E-state index contributed by atoms with van der Waals surface area (Å²) in [5.41, 5.74) is 2.94. The maximum absolute atomic E-state index is 12.7. The first-order valence-corrected chi connectivity index (χ1v) is 10.7. The highest BCUT2D eigenvalue weighted by molar-refractivity contribution is 7.14. The van der Waals surface area contributed by atoms with E-state index in [1.165, 1.54) is 16.9 Å². The number of hydrogen-bond acceptors (Lipinski definition) is 5. The molecule has 1 aromatic heterocycles. The third-order valence-corrected chi connectivity index (χ3v) is 5.98. The number of carbonyl (C=O) groups is 2. The number of nitrogens with zero attached hydrogens (tertiary/aromatic N) is 2. The second-order valence-corrected chi connectivity index (χ2v) is 8.09. The van der Waals surface area contributed by atoms with Gasteiger partial charge in [-0.15, -0.1) is 11.3 Å². The third kappa shape index (κ3) is 4.68. The van der Waals surface area contributed by atoms with Crippen LogP contribution >= 0.6 is 11.3 Å². The van der Waals surface area contributed by atoms with Crippen LogP contribution in [0.2, 0.25) is 0 Å². The van der Waals surface area contributed by atoms with Gasteiger partial charge in [0.2, 0.25) is 11.8 Å². The fraction of sp³-hybridized carbons (Fsp3) is 0.261. The minimum absolute atomic E-state index is 0.0316. The molecule has 2 aromatic carbocycles. The summed E-state index contributed by atoms with van der Waals surface area (Å²) in [4.78, 5) is 31.3. The summed E-state index contributed by atoms with van der Waals surface area (Å²) in [5.74, 6) is 0.317. The number of amides is 2. The molecule has 1 fully saturated rings. The van der Waals surface area contributed by atoms with Crippen molar-refractivity contribution < 1.29 is 14.3 Å². The summed E-state index contributed by atoms with van der Waals surface area (Å²) < 4.78 is 5.17. The van der Waals surface area contributed by atoms with E-state index in [-0.39, 0.29) is 24.2 Å². The molecule has 0 bridgehead atoms. The average Bonchev–Trinajstić information content (AvgIpc) is 3.39. The van der Waals surface area contributed by atoms with E-state index < -0.39 is 0 Å². The molecule has 1 atom stereocenters. The van der Waals surface area contributed by atoms with Gasteiger partial charge in [0.1, 0.15) is 5.75 Å². The van der Waals surface area contributed by atoms with Crippen molar-refractivity contribution in [3.05, 3.63) is 65.5 Å². The number of methoxy groups -OCH3 is 1. The normalized spacial score (nSPS) is 16.0. The second kappa shape index (κ2) is 9.09. The molecule has 1 saturated heterocycles. The molecule has 1 N–H and O–H groups in total. The molecular weight excluding hydrogens is 398 g/mol. The Kier molecular flexibility index (Phi) is 6.09. The van der Waals surface area contributed by atoms with E-state index >= 15 is 0 Å². The second-order valence-electron chi connectivity index (χ2n) is 7.23. The van der Waals surface area contributed by atoms with Crippen LogP contribution in [0.25, 0.3) is 11.3 Å². The fourth-order valence-corrected chi connectivity index (χ4v) is 4.23. The number of anilines is 1. The van der Waals surface area contributed by atoms with E-state index in [0.29, 0.717) is 18.2 Å². The first-order valence-electron chi connectivity index (χ1n) is 9.85. The molecule has 4 rings (SSSR count). The van der Waals surface area contributed by atoms with Crippen molar-refractivity contribution >= 4 is 28.3 Å². The highest BCUT2D eigenvalue weighted by atomic mass is 32.1. The number of rotatable bonds is 7. The Balaban J connectivity index is 1.33. The predicted molar refractivity (Wildman–Crippen MR) is 118 cm³/mol. The average molecular weight is 422 g/mol. The summed E-state index contributed by atoms with van der Waals surface area (Å²) in [6, 6.07) is 17.7. The maximum Gasteiger partial charge on any atom is 0.231 e. The molecule has 3 aromatic rings. The van der Waals surface area contributed by atoms with Crippen molar-refractivity contribution in [2.75, 3.05) is 25.5 Å². The van der Waals surface area contributed by atoms with E-state index in [9.17, 15) is 9.59 Å². The van der Waals surface area contributed by atoms with Gasteiger partial charge in [-0.05, 0) is 36.2 Å². The lowest BCUT2D eigenvalue weighted by atomic mass is 10.1. The number of carbonyl (C=O) groups excluding carboxylic acids is 2. The van der Waals surface area contributed by atoms with Gasteiger partial charge in [0.25, 0.3) is 0 Å². The van der Waals surface area contributed by atoms with Crippen LogP contribution in [0.15, 0.2) is 60.0 Å². The Morgan fingerprint density at radius 3 is 2.70 bits per heavy atom. The lowest BCUT2D eigenvalue weighted by Crippen LogP contribution is -2.30. The van der Waals surface area contributed by atoms with Crippen molar-refractivity contribution in [3.8, 4) is 17.0 Å². The molecular formula is C23H23N3O3S. The Hall–Kier alpha value is -3.19. The highest BCUT2D eigenvalue weighted by Gasteiger charge is 2.34. The minimum Gasteiger partial charge on any atom is -0.497 e. The van der Waals surface area contributed by atoms with E-state index in [1.54, 1.807) is 12.0 Å². The van der Waals surface area contributed by atoms with Crippen LogP contribution in [-0.2, 0) is 16.0 Å². The summed E-state index contributed by atoms with van der Waals surface area (Å²) in [6.45, 7) is 1.08. The van der Waals surface area contributed by atoms with Gasteiger partial charge in [0.15, 0.2) is 5.13 Å². The number of thiazole rings is 1. The smallest absolute Gasteiger partial charge is 0.231 e. The largest absolute Gasteiger partial charge is 0.497 e. The lowest BCUT2D eigenvalue weighted by Gasteiger charge is -2.16. The fourth-order valence-electron chi connectivity index (χ4n) is 3.51. The van der Waals surface area contributed by atoms with Crippen LogP contribution in [0.1, 0.15) is 12.0 Å². The minimum atomic E-state index is -0.346. The molecule has 1 aliphatic heterocycles. The molecule has 0 saturated carbocycles. The molecule has 0 radical (unpaired) electrons. The van der Waals surface area contributed by atoms with Crippen LogP contribution in [-0.4, -0.2) is 41.9 Å². The SMILES string of the molecule is COc1ccc(-c2csc(NC(=O)C3CC(=O)N(CCc4ccccc4)C3)n2)cc1. The van der Waals surface area contributed by atoms with Crippen LogP contribution in [0.3, 0.4) is 0 Å². The van der Waals surface area contributed by atoms with Crippen molar-refractivity contribution in [2.45, 2.75) is 12.8 Å². The summed E-state index contributed by atoms with van der Waals surface area (Å²) in [6.07, 6.45) is 1.04. The number of ether oxygens (including phenoxy) is 1. The standard InChI is InChI=1S/C23H23N3O3S/c1-29-19-9-7-17(8-10-19)20-15-30-23(24-20)25-22(28)18-13-21(27)26(14-18)12-11-16-5-3-2-4-6-16/h2-10,15,18H,11-14H2,1H3,(H,24,25,28). The van der Waals surface area contributed by atoms with Gasteiger partial charge >= 0.3 is 0 Å². The molecule has 2 amide bonds. The number of nitrogens with one attached hydrogen (secondary N) is 1.